The minimum atomic E-state index is -0.790. The monoisotopic (exact) mass is 992 g/mol. The van der Waals surface area contributed by atoms with Gasteiger partial charge in [-0.3, -0.25) is 9.98 Å². The number of alkyl halides is 2. The topological polar surface area (TPSA) is 117 Å². The van der Waals surface area contributed by atoms with Crippen LogP contribution in [0.3, 0.4) is 0 Å². The van der Waals surface area contributed by atoms with Crippen LogP contribution in [-0.4, -0.2) is 30.0 Å². The fourth-order valence-corrected chi connectivity index (χ4v) is 7.22. The molecular weight excluding hydrogens is 934 g/mol. The summed E-state index contributed by atoms with van der Waals surface area (Å²) >= 11 is 9.53. The van der Waals surface area contributed by atoms with Crippen molar-refractivity contribution in [2.75, 3.05) is 5.34 Å². The van der Waals surface area contributed by atoms with Crippen LogP contribution in [0.4, 0.5) is 0 Å². The summed E-state index contributed by atoms with van der Waals surface area (Å²) in [5, 5.41) is 51.3. The molecule has 61 heavy (non-hydrogen) atoms. The second-order valence-electron chi connectivity index (χ2n) is 19.3. The summed E-state index contributed by atoms with van der Waals surface area (Å²) in [5.41, 5.74) is 8.43. The van der Waals surface area contributed by atoms with Gasteiger partial charge in [0.2, 0.25) is 0 Å². The maximum atomic E-state index is 13.1. The summed E-state index contributed by atoms with van der Waals surface area (Å²) in [6.07, 6.45) is 2.67. The van der Waals surface area contributed by atoms with Gasteiger partial charge in [-0.25, -0.2) is 0 Å². The van der Waals surface area contributed by atoms with Gasteiger partial charge in [0.05, 0.1) is 17.4 Å². The predicted octanol–water partition coefficient (Wildman–Crippen LogP) is 3.03. The molecule has 4 atom stereocenters. The molecule has 0 amide bonds. The van der Waals surface area contributed by atoms with E-state index in [-0.39, 0.29) is 97.4 Å². The van der Waals surface area contributed by atoms with Crippen molar-refractivity contribution < 1.29 is 79.4 Å². The number of aliphatic imine (C=N–C) groups is 2. The molecule has 2 aliphatic carbocycles. The molecule has 0 heterocycles. The van der Waals surface area contributed by atoms with Crippen LogP contribution in [-0.2, 0) is 68.6 Å². The minimum absolute atomic E-state index is 0. The molecular formula is C49H60Cl4Fe2N2O4. The zero-order chi connectivity index (χ0) is 42.7. The molecule has 334 valence electrons. The fourth-order valence-electron chi connectivity index (χ4n) is 7.22. The van der Waals surface area contributed by atoms with Gasteiger partial charge in [0.15, 0.2) is 0 Å². The first-order valence-corrected chi connectivity index (χ1v) is 20.8. The van der Waals surface area contributed by atoms with Gasteiger partial charge in [-0.1, -0.05) is 180 Å². The molecule has 12 heteroatoms. The maximum absolute atomic E-state index is 13.1. The summed E-state index contributed by atoms with van der Waals surface area (Å²) < 4.78 is 0. The van der Waals surface area contributed by atoms with Crippen molar-refractivity contribution in [3.63, 3.8) is 0 Å². The van der Waals surface area contributed by atoms with Crippen molar-refractivity contribution in [3.05, 3.63) is 128 Å². The Kier molecular flexibility index (Phi) is 22.9. The first-order valence-electron chi connectivity index (χ1n) is 19.8. The standard InChI is InChI=1S/2C24H30NO2.CH2Cl2.2ClH.2Fe/c2*1-23(2,3)17-11-16(22(27)19(13-17)24(4,5)6)14-25-21-18-10-8-7-9-15(18)12-20(21)26;2-1-3;;;;/h2*7-11,13-14,20-21,27H,12H2,1-6H3;1H2;2*1H;;/q2*-1;;;;2*+3/p-4/t2*20-,21+;;;;;/m11...../s1. The third-order valence-corrected chi connectivity index (χ3v) is 10.6. The van der Waals surface area contributed by atoms with Gasteiger partial charge in [-0.2, -0.15) is 0 Å². The summed E-state index contributed by atoms with van der Waals surface area (Å²) in [6.45, 7) is 25.2. The van der Waals surface area contributed by atoms with Crippen LogP contribution < -0.4 is 45.2 Å². The summed E-state index contributed by atoms with van der Waals surface area (Å²) in [7, 11) is 0. The molecule has 4 aromatic carbocycles. The Balaban J connectivity index is 0.00000104. The number of fused-ring (bicyclic) bond motifs is 2. The van der Waals surface area contributed by atoms with Gasteiger partial charge in [-0.15, -0.1) is 23.2 Å². The largest absolute Gasteiger partial charge is 3.00 e. The van der Waals surface area contributed by atoms with E-state index in [2.05, 4.69) is 93.1 Å². The van der Waals surface area contributed by atoms with Crippen LogP contribution in [0.15, 0.2) is 82.8 Å². The molecule has 0 fully saturated rings. The summed E-state index contributed by atoms with van der Waals surface area (Å²) in [5.74, 6) is 0.0148. The number of hydrogen-bond acceptors (Lipinski definition) is 6. The molecule has 2 radical (unpaired) electrons. The average molecular weight is 995 g/mol. The Morgan fingerprint density at radius 1 is 0.541 bits per heavy atom. The van der Waals surface area contributed by atoms with Gasteiger partial charge in [-0.05, 0) is 90.1 Å². The Morgan fingerprint density at radius 3 is 1.11 bits per heavy atom. The van der Waals surface area contributed by atoms with E-state index in [1.54, 1.807) is 12.4 Å². The predicted molar refractivity (Wildman–Crippen MR) is 232 cm³/mol. The van der Waals surface area contributed by atoms with Crippen LogP contribution in [0, 0.1) is 0 Å². The zero-order valence-corrected chi connectivity index (χ0v) is 42.5. The van der Waals surface area contributed by atoms with Crippen molar-refractivity contribution >= 4 is 35.6 Å². The second-order valence-corrected chi connectivity index (χ2v) is 20.1. The Hall–Kier alpha value is -2.06. The zero-order valence-electron chi connectivity index (χ0n) is 37.3. The normalized spacial score (nSPS) is 18.2. The molecule has 0 bridgehead atoms. The van der Waals surface area contributed by atoms with Gasteiger partial charge in [0, 0.05) is 12.4 Å². The molecule has 4 aromatic rings. The number of nitrogens with zero attached hydrogens (tertiary/aromatic N) is 2. The van der Waals surface area contributed by atoms with Crippen molar-refractivity contribution in [2.45, 2.75) is 142 Å². The smallest absolute Gasteiger partial charge is 1.00 e. The summed E-state index contributed by atoms with van der Waals surface area (Å²) in [4.78, 5) is 9.17. The van der Waals surface area contributed by atoms with E-state index < -0.39 is 24.3 Å². The fraction of sp³-hybridized carbons (Fsp3) is 0.469. The molecule has 0 aromatic heterocycles. The summed E-state index contributed by atoms with van der Waals surface area (Å²) in [6, 6.07) is 22.8. The van der Waals surface area contributed by atoms with Crippen LogP contribution in [0.2, 0.25) is 0 Å². The van der Waals surface area contributed by atoms with Crippen molar-refractivity contribution in [2.24, 2.45) is 9.98 Å². The molecule has 0 aliphatic heterocycles. The van der Waals surface area contributed by atoms with Crippen molar-refractivity contribution in [1.29, 1.82) is 0 Å². The molecule has 0 spiro atoms. The molecule has 0 N–H and O–H groups in total. The van der Waals surface area contributed by atoms with Gasteiger partial charge >= 0.3 is 34.1 Å². The van der Waals surface area contributed by atoms with Crippen molar-refractivity contribution in [1.82, 2.24) is 0 Å². The van der Waals surface area contributed by atoms with E-state index >= 15 is 0 Å². The molecule has 0 saturated carbocycles. The van der Waals surface area contributed by atoms with E-state index in [0.29, 0.717) is 24.0 Å². The number of rotatable bonds is 4. The molecule has 6 rings (SSSR count). The van der Waals surface area contributed by atoms with Gasteiger partial charge in [0.1, 0.15) is 0 Å². The van der Waals surface area contributed by atoms with E-state index in [1.165, 1.54) is 0 Å². The average Bonchev–Trinajstić information content (AvgIpc) is 3.60. The van der Waals surface area contributed by atoms with Crippen LogP contribution in [0.1, 0.15) is 151 Å². The molecule has 0 unspecified atom stereocenters. The Morgan fingerprint density at radius 2 is 0.836 bits per heavy atom. The van der Waals surface area contributed by atoms with Gasteiger partial charge < -0.3 is 45.2 Å². The number of halogens is 4. The molecule has 6 nitrogen and oxygen atoms in total. The number of benzene rings is 4. The number of hydrogen-bond donors (Lipinski definition) is 0. The minimum Gasteiger partial charge on any atom is -1.00 e. The van der Waals surface area contributed by atoms with E-state index in [9.17, 15) is 20.4 Å². The molecule has 2 aliphatic rings. The Bertz CT molecular complexity index is 1940. The van der Waals surface area contributed by atoms with Crippen LogP contribution in [0.25, 0.3) is 0 Å². The second kappa shape index (κ2) is 23.7. The SMILES string of the molecule is CC(C)(C)c1cc(C=N[C@H]2c3ccccc3C[C@H]2[O-])c([O-])c(C(C)(C)C)c1.CC(C)(C)c1cc(C=N[C@H]2c3ccccc3C[C@H]2[O-])c([O-])c(C(C)(C)C)c1.ClCCl.[Cl-].[Cl-].[Fe+3].[Fe+3]. The van der Waals surface area contributed by atoms with Gasteiger partial charge in [0.25, 0.3) is 0 Å². The van der Waals surface area contributed by atoms with Crippen LogP contribution >= 0.6 is 23.2 Å². The quantitative estimate of drug-likeness (QED) is 0.178. The van der Waals surface area contributed by atoms with Crippen LogP contribution in [0.5, 0.6) is 11.5 Å². The third-order valence-electron chi connectivity index (χ3n) is 10.6. The maximum Gasteiger partial charge on any atom is 3.00 e. The molecule has 0 saturated heterocycles. The first-order chi connectivity index (χ1) is 26.4. The van der Waals surface area contributed by atoms with E-state index in [4.69, 9.17) is 23.2 Å². The third kappa shape index (κ3) is 15.0. The Labute approximate surface area is 409 Å². The van der Waals surface area contributed by atoms with Crippen molar-refractivity contribution in [3.8, 4) is 11.5 Å². The van der Waals surface area contributed by atoms with E-state index in [1.807, 2.05) is 72.8 Å². The van der Waals surface area contributed by atoms with E-state index in [0.717, 1.165) is 44.5 Å². The first kappa shape index (κ1) is 58.9.